The van der Waals surface area contributed by atoms with Gasteiger partial charge in [-0.15, -0.1) is 10.2 Å². The second-order valence-electron chi connectivity index (χ2n) is 7.87. The number of rotatable bonds is 6. The first-order valence-electron chi connectivity index (χ1n) is 9.53. The third-order valence-corrected chi connectivity index (χ3v) is 5.53. The van der Waals surface area contributed by atoms with Crippen molar-refractivity contribution in [1.29, 1.82) is 0 Å². The molecule has 1 aromatic rings. The number of carbonyl (C=O) groups is 1. The number of carbonyl (C=O) groups excluding carboxylic acids is 1. The van der Waals surface area contributed by atoms with Gasteiger partial charge in [-0.2, -0.15) is 0 Å². The van der Waals surface area contributed by atoms with Crippen LogP contribution in [0.15, 0.2) is 6.33 Å². The number of nitrogens with zero attached hydrogens (tertiary/aromatic N) is 4. The monoisotopic (exact) mass is 365 g/mol. The lowest BCUT2D eigenvalue weighted by Gasteiger charge is -2.37. The Bertz CT molecular complexity index is 597. The Hall–Kier alpha value is -1.67. The molecule has 1 atom stereocenters. The van der Waals surface area contributed by atoms with Gasteiger partial charge in [0.15, 0.2) is 0 Å². The lowest BCUT2D eigenvalue weighted by atomic mass is 9.71. The predicted octanol–water partition coefficient (Wildman–Crippen LogP) is 1.49. The molecule has 2 aliphatic heterocycles. The van der Waals surface area contributed by atoms with Gasteiger partial charge in [0.1, 0.15) is 12.2 Å². The van der Waals surface area contributed by atoms with Gasteiger partial charge in [-0.3, -0.25) is 0 Å². The molecule has 2 fully saturated rings. The highest BCUT2D eigenvalue weighted by Crippen LogP contribution is 2.49. The van der Waals surface area contributed by atoms with Gasteiger partial charge in [0.05, 0.1) is 6.61 Å². The van der Waals surface area contributed by atoms with Crippen molar-refractivity contribution >= 4 is 6.03 Å². The van der Waals surface area contributed by atoms with Gasteiger partial charge in [-0.1, -0.05) is 13.8 Å². The number of likely N-dealkylation sites (tertiary alicyclic amines) is 1. The van der Waals surface area contributed by atoms with Crippen LogP contribution in [0.4, 0.5) is 4.79 Å². The summed E-state index contributed by atoms with van der Waals surface area (Å²) in [4.78, 5) is 14.5. The molecule has 2 amide bonds. The molecule has 3 rings (SSSR count). The number of urea groups is 1. The van der Waals surface area contributed by atoms with E-state index in [1.54, 1.807) is 7.11 Å². The molecule has 3 heterocycles. The van der Waals surface area contributed by atoms with Crippen LogP contribution >= 0.6 is 0 Å². The number of hydrogen-bond acceptors (Lipinski definition) is 5. The maximum atomic E-state index is 12.6. The minimum absolute atomic E-state index is 0.0228. The topological polar surface area (TPSA) is 81.5 Å². The zero-order valence-electron chi connectivity index (χ0n) is 16.1. The largest absolute Gasteiger partial charge is 0.383 e. The van der Waals surface area contributed by atoms with Gasteiger partial charge in [0.25, 0.3) is 0 Å². The van der Waals surface area contributed by atoms with Gasteiger partial charge >= 0.3 is 6.03 Å². The molecular weight excluding hydrogens is 334 g/mol. The summed E-state index contributed by atoms with van der Waals surface area (Å²) in [6, 6.07) is -0.0228. The van der Waals surface area contributed by atoms with Crippen LogP contribution in [0.2, 0.25) is 0 Å². The van der Waals surface area contributed by atoms with Gasteiger partial charge in [0.2, 0.25) is 0 Å². The normalized spacial score (nSPS) is 22.3. The highest BCUT2D eigenvalue weighted by atomic mass is 16.5. The SMILES string of the molecule is COCCNC(=O)N1CC(c2nncn2CC(C)C)C2(CCOCC2)C1. The second kappa shape index (κ2) is 8.35. The van der Waals surface area contributed by atoms with E-state index in [0.29, 0.717) is 25.6 Å². The van der Waals surface area contributed by atoms with E-state index in [1.807, 2.05) is 11.2 Å². The first-order chi connectivity index (χ1) is 12.6. The summed E-state index contributed by atoms with van der Waals surface area (Å²) >= 11 is 0. The Balaban J connectivity index is 1.80. The second-order valence-corrected chi connectivity index (χ2v) is 7.87. The van der Waals surface area contributed by atoms with E-state index in [-0.39, 0.29) is 17.4 Å². The van der Waals surface area contributed by atoms with Gasteiger partial charge < -0.3 is 24.3 Å². The maximum absolute atomic E-state index is 12.6. The smallest absolute Gasteiger partial charge is 0.317 e. The molecule has 146 valence electrons. The third kappa shape index (κ3) is 4.01. The number of amides is 2. The van der Waals surface area contributed by atoms with Crippen LogP contribution in [0.3, 0.4) is 0 Å². The molecule has 8 nitrogen and oxygen atoms in total. The summed E-state index contributed by atoms with van der Waals surface area (Å²) in [5, 5.41) is 11.6. The molecule has 0 radical (unpaired) electrons. The minimum Gasteiger partial charge on any atom is -0.383 e. The summed E-state index contributed by atoms with van der Waals surface area (Å²) < 4.78 is 12.8. The van der Waals surface area contributed by atoms with Gasteiger partial charge in [-0.25, -0.2) is 4.79 Å². The fraction of sp³-hybridized carbons (Fsp3) is 0.833. The Labute approximate surface area is 155 Å². The van der Waals surface area contributed by atoms with E-state index in [2.05, 4.69) is 33.9 Å². The summed E-state index contributed by atoms with van der Waals surface area (Å²) in [5.41, 5.74) is 0.0264. The van der Waals surface area contributed by atoms with Crippen LogP contribution in [0, 0.1) is 11.3 Å². The highest BCUT2D eigenvalue weighted by Gasteiger charge is 2.51. The Kier molecular flexibility index (Phi) is 6.13. The van der Waals surface area contributed by atoms with Crippen molar-refractivity contribution in [3.05, 3.63) is 12.2 Å². The van der Waals surface area contributed by atoms with E-state index in [1.165, 1.54) is 0 Å². The van der Waals surface area contributed by atoms with Crippen LogP contribution in [-0.2, 0) is 16.0 Å². The van der Waals surface area contributed by atoms with Crippen molar-refractivity contribution in [2.75, 3.05) is 46.6 Å². The van der Waals surface area contributed by atoms with Crippen LogP contribution in [0.25, 0.3) is 0 Å². The molecule has 2 saturated heterocycles. The van der Waals surface area contributed by atoms with Crippen molar-refractivity contribution in [3.63, 3.8) is 0 Å². The summed E-state index contributed by atoms with van der Waals surface area (Å²) in [6.45, 7) is 9.23. The quantitative estimate of drug-likeness (QED) is 0.773. The van der Waals surface area contributed by atoms with Gasteiger partial charge in [-0.05, 0) is 18.8 Å². The molecular formula is C18H31N5O3. The number of hydrogen-bond donors (Lipinski definition) is 1. The number of methoxy groups -OCH3 is 1. The number of nitrogens with one attached hydrogen (secondary N) is 1. The minimum atomic E-state index is -0.0228. The van der Waals surface area contributed by atoms with Crippen LogP contribution in [-0.4, -0.2) is 72.3 Å². The highest BCUT2D eigenvalue weighted by molar-refractivity contribution is 5.74. The van der Waals surface area contributed by atoms with Crippen LogP contribution in [0.1, 0.15) is 38.4 Å². The first-order valence-corrected chi connectivity index (χ1v) is 9.53. The van der Waals surface area contributed by atoms with E-state index in [0.717, 1.165) is 45.0 Å². The first kappa shape index (κ1) is 19.1. The summed E-state index contributed by atoms with van der Waals surface area (Å²) in [7, 11) is 1.64. The van der Waals surface area contributed by atoms with Gasteiger partial charge in [0, 0.05) is 57.8 Å². The van der Waals surface area contributed by atoms with Crippen molar-refractivity contribution in [2.45, 2.75) is 39.2 Å². The van der Waals surface area contributed by atoms with E-state index >= 15 is 0 Å². The predicted molar refractivity (Wildman–Crippen MR) is 96.9 cm³/mol. The Morgan fingerprint density at radius 3 is 2.92 bits per heavy atom. The molecule has 26 heavy (non-hydrogen) atoms. The van der Waals surface area contributed by atoms with Crippen molar-refractivity contribution in [1.82, 2.24) is 25.0 Å². The van der Waals surface area contributed by atoms with E-state index in [4.69, 9.17) is 9.47 Å². The van der Waals surface area contributed by atoms with Crippen molar-refractivity contribution in [3.8, 4) is 0 Å². The molecule has 1 unspecified atom stereocenters. The fourth-order valence-corrected chi connectivity index (χ4v) is 4.20. The Morgan fingerprint density at radius 2 is 2.23 bits per heavy atom. The van der Waals surface area contributed by atoms with Crippen molar-refractivity contribution < 1.29 is 14.3 Å². The molecule has 0 aliphatic carbocycles. The summed E-state index contributed by atoms with van der Waals surface area (Å²) in [5.74, 6) is 1.72. The third-order valence-electron chi connectivity index (χ3n) is 5.53. The maximum Gasteiger partial charge on any atom is 0.317 e. The molecule has 0 bridgehead atoms. The standard InChI is InChI=1S/C18H31N5O3/c1-14(2)10-23-13-20-21-16(23)15-11-22(17(24)19-6-9-25-3)12-18(15)4-7-26-8-5-18/h13-15H,4-12H2,1-3H3,(H,19,24). The average Bonchev–Trinajstić information content (AvgIpc) is 3.20. The lowest BCUT2D eigenvalue weighted by Crippen LogP contribution is -2.42. The Morgan fingerprint density at radius 1 is 1.46 bits per heavy atom. The van der Waals surface area contributed by atoms with Crippen LogP contribution in [0.5, 0.6) is 0 Å². The zero-order valence-corrected chi connectivity index (χ0v) is 16.1. The molecule has 8 heteroatoms. The molecule has 0 aromatic carbocycles. The van der Waals surface area contributed by atoms with Crippen LogP contribution < -0.4 is 5.32 Å². The number of aromatic nitrogens is 3. The average molecular weight is 365 g/mol. The zero-order chi connectivity index (χ0) is 18.6. The molecule has 0 saturated carbocycles. The molecule has 2 aliphatic rings. The van der Waals surface area contributed by atoms with E-state index < -0.39 is 0 Å². The van der Waals surface area contributed by atoms with E-state index in [9.17, 15) is 4.79 Å². The molecule has 1 aromatic heterocycles. The fourth-order valence-electron chi connectivity index (χ4n) is 4.20. The molecule has 1 N–H and O–H groups in total. The summed E-state index contributed by atoms with van der Waals surface area (Å²) in [6.07, 6.45) is 3.73. The van der Waals surface area contributed by atoms with Crippen molar-refractivity contribution in [2.24, 2.45) is 11.3 Å². The number of ether oxygens (including phenoxy) is 2. The molecule has 1 spiro atoms. The lowest BCUT2D eigenvalue weighted by molar-refractivity contribution is 0.0118.